The van der Waals surface area contributed by atoms with E-state index in [4.69, 9.17) is 0 Å². The van der Waals surface area contributed by atoms with Crippen LogP contribution in [-0.2, 0) is 16.4 Å². The summed E-state index contributed by atoms with van der Waals surface area (Å²) in [6.07, 6.45) is 1.78. The number of aromatic nitrogens is 1. The van der Waals surface area contributed by atoms with Gasteiger partial charge in [-0.05, 0) is 57.8 Å². The molecule has 5 rings (SSSR count). The van der Waals surface area contributed by atoms with Gasteiger partial charge in [-0.2, -0.15) is 11.3 Å². The second-order valence-corrected chi connectivity index (χ2v) is 9.89. The highest BCUT2D eigenvalue weighted by Gasteiger charge is 2.50. The second kappa shape index (κ2) is 6.01. The molecule has 4 heterocycles. The summed E-state index contributed by atoms with van der Waals surface area (Å²) in [4.78, 5) is 7.12. The lowest BCUT2D eigenvalue weighted by atomic mass is 9.95. The van der Waals surface area contributed by atoms with E-state index in [1.807, 2.05) is 29.6 Å². The number of fused-ring (bicyclic) bond motifs is 3. The highest BCUT2D eigenvalue weighted by Crippen LogP contribution is 2.46. The van der Waals surface area contributed by atoms with Crippen LogP contribution in [0.4, 0.5) is 0 Å². The fraction of sp³-hybridized carbons (Fsp3) is 0.250. The van der Waals surface area contributed by atoms with Crippen LogP contribution >= 0.6 is 11.3 Å². The first kappa shape index (κ1) is 16.2. The zero-order valence-electron chi connectivity index (χ0n) is 14.1. The summed E-state index contributed by atoms with van der Waals surface area (Å²) in [5, 5.41) is 3.82. The first-order valence-corrected chi connectivity index (χ1v) is 11.1. The van der Waals surface area contributed by atoms with Crippen LogP contribution in [0.2, 0.25) is 0 Å². The highest BCUT2D eigenvalue weighted by atomic mass is 32.2. The zero-order chi connectivity index (χ0) is 17.7. The number of likely N-dealkylation sites (tertiary alicyclic amines) is 1. The van der Waals surface area contributed by atoms with Crippen LogP contribution in [0.15, 0.2) is 64.3 Å². The van der Waals surface area contributed by atoms with Crippen molar-refractivity contribution >= 4 is 21.2 Å². The molecule has 2 aliphatic heterocycles. The van der Waals surface area contributed by atoms with Crippen LogP contribution in [-0.4, -0.2) is 36.6 Å². The minimum absolute atomic E-state index is 0.0531. The third-order valence-electron chi connectivity index (χ3n) is 5.42. The molecule has 0 bridgehead atoms. The Bertz CT molecular complexity index is 1050. The number of hydrogen-bond acceptors (Lipinski definition) is 5. The maximum absolute atomic E-state index is 13.0. The quantitative estimate of drug-likeness (QED) is 0.695. The van der Waals surface area contributed by atoms with Gasteiger partial charge in [0.1, 0.15) is 0 Å². The van der Waals surface area contributed by atoms with Crippen molar-refractivity contribution in [3.8, 4) is 11.1 Å². The van der Waals surface area contributed by atoms with E-state index < -0.39 is 9.84 Å². The summed E-state index contributed by atoms with van der Waals surface area (Å²) in [5.74, 6) is 0.0531. The van der Waals surface area contributed by atoms with Crippen LogP contribution in [0.25, 0.3) is 11.1 Å². The topological polar surface area (TPSA) is 50.3 Å². The van der Waals surface area contributed by atoms with Crippen molar-refractivity contribution in [3.63, 3.8) is 0 Å². The smallest absolute Gasteiger partial charge is 0.183 e. The first-order valence-electron chi connectivity index (χ1n) is 8.65. The molecule has 2 aliphatic rings. The fourth-order valence-electron chi connectivity index (χ4n) is 4.18. The molecule has 132 valence electrons. The molecule has 2 atom stereocenters. The number of pyridine rings is 1. The van der Waals surface area contributed by atoms with Gasteiger partial charge in [0.15, 0.2) is 9.84 Å². The normalized spacial score (nSPS) is 23.7. The standard InChI is InChI=1S/C20H18N2O2S2/c23-26(24)19-5-4-14(15-6-8-25-13-15)9-17(19)18-11-22(12-20(18)26)10-16-3-1-2-7-21-16/h1-9,13,18,20H,10-12H2. The van der Waals surface area contributed by atoms with Crippen LogP contribution in [0.1, 0.15) is 17.2 Å². The van der Waals surface area contributed by atoms with Crippen molar-refractivity contribution in [1.82, 2.24) is 9.88 Å². The lowest BCUT2D eigenvalue weighted by Crippen LogP contribution is -2.26. The Kier molecular flexibility index (Phi) is 3.74. The Hall–Kier alpha value is -2.02. The molecule has 0 spiro atoms. The van der Waals surface area contributed by atoms with Crippen LogP contribution in [0, 0.1) is 0 Å². The Balaban J connectivity index is 1.49. The SMILES string of the molecule is O=S1(=O)c2ccc(-c3ccsc3)cc2C2CN(Cc3ccccn3)CC21. The van der Waals surface area contributed by atoms with E-state index in [2.05, 4.69) is 27.4 Å². The highest BCUT2D eigenvalue weighted by molar-refractivity contribution is 7.92. The molecule has 1 fully saturated rings. The molecule has 0 aliphatic carbocycles. The molecule has 3 aromatic rings. The van der Waals surface area contributed by atoms with E-state index >= 15 is 0 Å². The Morgan fingerprint density at radius 3 is 2.81 bits per heavy atom. The van der Waals surface area contributed by atoms with E-state index in [-0.39, 0.29) is 11.2 Å². The van der Waals surface area contributed by atoms with Crippen molar-refractivity contribution in [2.24, 2.45) is 0 Å². The van der Waals surface area contributed by atoms with Crippen molar-refractivity contribution in [2.45, 2.75) is 22.6 Å². The Morgan fingerprint density at radius 1 is 1.12 bits per heavy atom. The Labute approximate surface area is 157 Å². The molecule has 0 N–H and O–H groups in total. The monoisotopic (exact) mass is 382 g/mol. The summed E-state index contributed by atoms with van der Waals surface area (Å²) in [5.41, 5.74) is 4.23. The van der Waals surface area contributed by atoms with E-state index in [1.165, 1.54) is 0 Å². The van der Waals surface area contributed by atoms with Crippen molar-refractivity contribution in [1.29, 1.82) is 0 Å². The molecule has 2 unspecified atom stereocenters. The van der Waals surface area contributed by atoms with Gasteiger partial charge in [0.05, 0.1) is 15.8 Å². The number of rotatable bonds is 3. The third-order valence-corrected chi connectivity index (χ3v) is 8.37. The number of benzene rings is 1. The molecule has 1 saturated heterocycles. The summed E-state index contributed by atoms with van der Waals surface area (Å²) in [6.45, 7) is 2.04. The van der Waals surface area contributed by atoms with E-state index in [1.54, 1.807) is 23.6 Å². The van der Waals surface area contributed by atoms with Crippen LogP contribution < -0.4 is 0 Å². The predicted octanol–water partition coefficient (Wildman–Crippen LogP) is 3.57. The maximum atomic E-state index is 13.0. The first-order chi connectivity index (χ1) is 12.6. The molecular weight excluding hydrogens is 364 g/mol. The van der Waals surface area contributed by atoms with Crippen LogP contribution in [0.5, 0.6) is 0 Å². The van der Waals surface area contributed by atoms with Crippen LogP contribution in [0.3, 0.4) is 0 Å². The summed E-state index contributed by atoms with van der Waals surface area (Å²) in [6, 6.07) is 13.8. The maximum Gasteiger partial charge on any atom is 0.183 e. The van der Waals surface area contributed by atoms with Crippen molar-refractivity contribution in [3.05, 3.63) is 70.7 Å². The average Bonchev–Trinajstić information content (AvgIpc) is 3.35. The van der Waals surface area contributed by atoms with Gasteiger partial charge in [-0.3, -0.25) is 9.88 Å². The van der Waals surface area contributed by atoms with Crippen molar-refractivity contribution in [2.75, 3.05) is 13.1 Å². The lowest BCUT2D eigenvalue weighted by Gasteiger charge is -2.17. The van der Waals surface area contributed by atoms with Gasteiger partial charge in [-0.1, -0.05) is 12.1 Å². The zero-order valence-corrected chi connectivity index (χ0v) is 15.7. The van der Waals surface area contributed by atoms with Gasteiger partial charge >= 0.3 is 0 Å². The van der Waals surface area contributed by atoms with Gasteiger partial charge in [-0.25, -0.2) is 8.42 Å². The van der Waals surface area contributed by atoms with Gasteiger partial charge in [-0.15, -0.1) is 0 Å². The van der Waals surface area contributed by atoms with E-state index in [0.717, 1.165) is 28.9 Å². The summed E-state index contributed by atoms with van der Waals surface area (Å²) in [7, 11) is -3.25. The molecule has 0 amide bonds. The minimum Gasteiger partial charge on any atom is -0.296 e. The second-order valence-electron chi connectivity index (χ2n) is 6.97. The van der Waals surface area contributed by atoms with E-state index in [0.29, 0.717) is 18.0 Å². The number of thiophene rings is 1. The number of nitrogens with zero attached hydrogens (tertiary/aromatic N) is 2. The molecule has 2 aromatic heterocycles. The Morgan fingerprint density at radius 2 is 2.04 bits per heavy atom. The van der Waals surface area contributed by atoms with Crippen molar-refractivity contribution < 1.29 is 8.42 Å². The number of sulfone groups is 1. The number of hydrogen-bond donors (Lipinski definition) is 0. The average molecular weight is 383 g/mol. The molecule has 0 radical (unpaired) electrons. The fourth-order valence-corrected chi connectivity index (χ4v) is 7.04. The molecule has 4 nitrogen and oxygen atoms in total. The third kappa shape index (κ3) is 2.52. The largest absolute Gasteiger partial charge is 0.296 e. The molecule has 6 heteroatoms. The molecule has 1 aromatic carbocycles. The molecule has 26 heavy (non-hydrogen) atoms. The van der Waals surface area contributed by atoms with Gasteiger partial charge in [0.25, 0.3) is 0 Å². The molecule has 0 saturated carbocycles. The predicted molar refractivity (Wildman–Crippen MR) is 103 cm³/mol. The van der Waals surface area contributed by atoms with Gasteiger partial charge in [0.2, 0.25) is 0 Å². The minimum atomic E-state index is -3.25. The van der Waals surface area contributed by atoms with Gasteiger partial charge in [0, 0.05) is 31.7 Å². The summed E-state index contributed by atoms with van der Waals surface area (Å²) < 4.78 is 26.0. The summed E-state index contributed by atoms with van der Waals surface area (Å²) >= 11 is 1.66. The van der Waals surface area contributed by atoms with E-state index in [9.17, 15) is 8.42 Å². The van der Waals surface area contributed by atoms with Gasteiger partial charge < -0.3 is 0 Å². The lowest BCUT2D eigenvalue weighted by molar-refractivity contribution is 0.321. The molecular formula is C20H18N2O2S2.